The molecular formula is C18H19NO4. The second kappa shape index (κ2) is 7.45. The summed E-state index contributed by atoms with van der Waals surface area (Å²) in [5.41, 5.74) is 2.08. The van der Waals surface area contributed by atoms with Crippen LogP contribution in [0.3, 0.4) is 0 Å². The van der Waals surface area contributed by atoms with Crippen molar-refractivity contribution < 1.29 is 19.1 Å². The van der Waals surface area contributed by atoms with Gasteiger partial charge in [-0.1, -0.05) is 18.2 Å². The summed E-state index contributed by atoms with van der Waals surface area (Å²) < 4.78 is 10.2. The third-order valence-electron chi connectivity index (χ3n) is 3.42. The van der Waals surface area contributed by atoms with Gasteiger partial charge in [0, 0.05) is 5.69 Å². The van der Waals surface area contributed by atoms with Gasteiger partial charge in [-0.25, -0.2) is 4.79 Å². The van der Waals surface area contributed by atoms with E-state index in [0.29, 0.717) is 34.7 Å². The standard InChI is InChI=1S/C18H19NO4/c1-4-23-16-11-6-5-8-14(16)17(20)19-15-10-7-9-13(12(15)2)18(21)22-3/h5-11H,4H2,1-3H3,(H,19,20). The van der Waals surface area contributed by atoms with Crippen molar-refractivity contribution in [3.8, 4) is 5.75 Å². The topological polar surface area (TPSA) is 64.6 Å². The van der Waals surface area contributed by atoms with Crippen LogP contribution in [0.25, 0.3) is 0 Å². The maximum Gasteiger partial charge on any atom is 0.338 e. The zero-order valence-electron chi connectivity index (χ0n) is 13.4. The van der Waals surface area contributed by atoms with Crippen LogP contribution in [0.2, 0.25) is 0 Å². The summed E-state index contributed by atoms with van der Waals surface area (Å²) in [5.74, 6) is -0.207. The highest BCUT2D eigenvalue weighted by Crippen LogP contribution is 2.23. The van der Waals surface area contributed by atoms with E-state index >= 15 is 0 Å². The van der Waals surface area contributed by atoms with E-state index in [1.54, 1.807) is 43.3 Å². The maximum atomic E-state index is 12.5. The first-order chi connectivity index (χ1) is 11.1. The molecule has 23 heavy (non-hydrogen) atoms. The predicted molar refractivity (Wildman–Crippen MR) is 88.1 cm³/mol. The molecule has 0 bridgehead atoms. The van der Waals surface area contributed by atoms with Crippen LogP contribution in [0.5, 0.6) is 5.75 Å². The van der Waals surface area contributed by atoms with Crippen molar-refractivity contribution in [3.63, 3.8) is 0 Å². The molecular weight excluding hydrogens is 294 g/mol. The number of esters is 1. The van der Waals surface area contributed by atoms with Crippen molar-refractivity contribution in [1.29, 1.82) is 0 Å². The smallest absolute Gasteiger partial charge is 0.338 e. The van der Waals surface area contributed by atoms with Gasteiger partial charge in [-0.2, -0.15) is 0 Å². The van der Waals surface area contributed by atoms with Gasteiger partial charge < -0.3 is 14.8 Å². The second-order valence-corrected chi connectivity index (χ2v) is 4.85. The number of benzene rings is 2. The fourth-order valence-electron chi connectivity index (χ4n) is 2.23. The van der Waals surface area contributed by atoms with Crippen LogP contribution in [-0.2, 0) is 4.74 Å². The molecule has 0 saturated carbocycles. The lowest BCUT2D eigenvalue weighted by Crippen LogP contribution is -2.15. The number of hydrogen-bond acceptors (Lipinski definition) is 4. The van der Waals surface area contributed by atoms with Crippen molar-refractivity contribution in [1.82, 2.24) is 0 Å². The highest BCUT2D eigenvalue weighted by molar-refractivity contribution is 6.07. The molecule has 0 aliphatic heterocycles. The lowest BCUT2D eigenvalue weighted by Gasteiger charge is -2.13. The molecule has 0 saturated heterocycles. The molecule has 0 radical (unpaired) electrons. The number of carbonyl (C=O) groups excluding carboxylic acids is 2. The van der Waals surface area contributed by atoms with E-state index in [-0.39, 0.29) is 5.91 Å². The number of anilines is 1. The number of methoxy groups -OCH3 is 1. The van der Waals surface area contributed by atoms with Gasteiger partial charge in [0.2, 0.25) is 0 Å². The number of para-hydroxylation sites is 1. The van der Waals surface area contributed by atoms with Crippen LogP contribution in [-0.4, -0.2) is 25.6 Å². The summed E-state index contributed by atoms with van der Waals surface area (Å²) in [6.07, 6.45) is 0. The molecule has 0 unspecified atom stereocenters. The number of rotatable bonds is 5. The maximum absolute atomic E-state index is 12.5. The Morgan fingerprint density at radius 2 is 1.74 bits per heavy atom. The molecule has 1 amide bonds. The Bertz CT molecular complexity index is 725. The van der Waals surface area contributed by atoms with E-state index in [2.05, 4.69) is 5.32 Å². The first-order valence-electron chi connectivity index (χ1n) is 7.29. The number of amides is 1. The van der Waals surface area contributed by atoms with Crippen molar-refractivity contribution in [2.45, 2.75) is 13.8 Å². The van der Waals surface area contributed by atoms with Gasteiger partial charge in [0.15, 0.2) is 0 Å². The average Bonchev–Trinajstić information content (AvgIpc) is 2.57. The van der Waals surface area contributed by atoms with E-state index in [1.807, 2.05) is 13.0 Å². The Morgan fingerprint density at radius 1 is 1.04 bits per heavy atom. The predicted octanol–water partition coefficient (Wildman–Crippen LogP) is 3.43. The molecule has 0 spiro atoms. The highest BCUT2D eigenvalue weighted by Gasteiger charge is 2.16. The van der Waals surface area contributed by atoms with Crippen molar-refractivity contribution in [2.75, 3.05) is 19.0 Å². The summed E-state index contributed by atoms with van der Waals surface area (Å²) in [4.78, 5) is 24.2. The SMILES string of the molecule is CCOc1ccccc1C(=O)Nc1cccc(C(=O)OC)c1C. The van der Waals surface area contributed by atoms with E-state index in [1.165, 1.54) is 7.11 Å². The minimum atomic E-state index is -0.437. The van der Waals surface area contributed by atoms with E-state index in [4.69, 9.17) is 9.47 Å². The summed E-state index contributed by atoms with van der Waals surface area (Å²) in [5, 5.41) is 2.82. The van der Waals surface area contributed by atoms with Crippen LogP contribution in [0.1, 0.15) is 33.2 Å². The first-order valence-corrected chi connectivity index (χ1v) is 7.29. The van der Waals surface area contributed by atoms with Crippen LogP contribution in [0.15, 0.2) is 42.5 Å². The van der Waals surface area contributed by atoms with Gasteiger partial charge in [0.05, 0.1) is 24.8 Å². The molecule has 2 aromatic rings. The van der Waals surface area contributed by atoms with E-state index in [0.717, 1.165) is 0 Å². The Labute approximate surface area is 135 Å². The number of nitrogens with one attached hydrogen (secondary N) is 1. The molecule has 0 fully saturated rings. The number of carbonyl (C=O) groups is 2. The average molecular weight is 313 g/mol. The minimum absolute atomic E-state index is 0.292. The Morgan fingerprint density at radius 3 is 2.43 bits per heavy atom. The zero-order chi connectivity index (χ0) is 16.8. The van der Waals surface area contributed by atoms with Crippen LogP contribution >= 0.6 is 0 Å². The molecule has 1 N–H and O–H groups in total. The number of ether oxygens (including phenoxy) is 2. The van der Waals surface area contributed by atoms with Gasteiger partial charge in [0.25, 0.3) is 5.91 Å². The van der Waals surface area contributed by atoms with E-state index in [9.17, 15) is 9.59 Å². The quantitative estimate of drug-likeness (QED) is 0.859. The lowest BCUT2D eigenvalue weighted by atomic mass is 10.1. The molecule has 0 aliphatic carbocycles. The third-order valence-corrected chi connectivity index (χ3v) is 3.42. The van der Waals surface area contributed by atoms with Gasteiger partial charge in [-0.05, 0) is 43.7 Å². The molecule has 5 nitrogen and oxygen atoms in total. The summed E-state index contributed by atoms with van der Waals surface area (Å²) >= 11 is 0. The molecule has 0 atom stereocenters. The van der Waals surface area contributed by atoms with Crippen LogP contribution in [0.4, 0.5) is 5.69 Å². The van der Waals surface area contributed by atoms with E-state index < -0.39 is 5.97 Å². The molecule has 0 aliphatic rings. The fourth-order valence-corrected chi connectivity index (χ4v) is 2.23. The summed E-state index contributed by atoms with van der Waals surface area (Å²) in [7, 11) is 1.32. The Hall–Kier alpha value is -2.82. The monoisotopic (exact) mass is 313 g/mol. The molecule has 2 aromatic carbocycles. The largest absolute Gasteiger partial charge is 0.493 e. The lowest BCUT2D eigenvalue weighted by molar-refractivity contribution is 0.0599. The van der Waals surface area contributed by atoms with Crippen molar-refractivity contribution >= 4 is 17.6 Å². The third kappa shape index (κ3) is 3.69. The van der Waals surface area contributed by atoms with Gasteiger partial charge in [-0.15, -0.1) is 0 Å². The molecule has 0 aromatic heterocycles. The molecule has 0 heterocycles. The Balaban J connectivity index is 2.29. The normalized spacial score (nSPS) is 10.0. The molecule has 120 valence electrons. The van der Waals surface area contributed by atoms with Gasteiger partial charge in [-0.3, -0.25) is 4.79 Å². The second-order valence-electron chi connectivity index (χ2n) is 4.85. The van der Waals surface area contributed by atoms with Crippen LogP contribution in [0, 0.1) is 6.92 Å². The van der Waals surface area contributed by atoms with Gasteiger partial charge >= 0.3 is 5.97 Å². The summed E-state index contributed by atoms with van der Waals surface area (Å²) in [6, 6.07) is 12.1. The minimum Gasteiger partial charge on any atom is -0.493 e. The van der Waals surface area contributed by atoms with Crippen molar-refractivity contribution in [3.05, 3.63) is 59.2 Å². The molecule has 2 rings (SSSR count). The molecule has 5 heteroatoms. The van der Waals surface area contributed by atoms with Crippen molar-refractivity contribution in [2.24, 2.45) is 0 Å². The fraction of sp³-hybridized carbons (Fsp3) is 0.222. The number of hydrogen-bond donors (Lipinski definition) is 1. The first kappa shape index (κ1) is 16.5. The zero-order valence-corrected chi connectivity index (χ0v) is 13.4. The van der Waals surface area contributed by atoms with Crippen LogP contribution < -0.4 is 10.1 Å². The van der Waals surface area contributed by atoms with Gasteiger partial charge in [0.1, 0.15) is 5.75 Å². The summed E-state index contributed by atoms with van der Waals surface area (Å²) in [6.45, 7) is 4.09. The highest BCUT2D eigenvalue weighted by atomic mass is 16.5. The Kier molecular flexibility index (Phi) is 5.36.